The third-order valence-corrected chi connectivity index (χ3v) is 5.13. The highest BCUT2D eigenvalue weighted by atomic mass is 32.2. The van der Waals surface area contributed by atoms with Crippen LogP contribution in [-0.2, 0) is 16.6 Å². The standard InChI is InChI=1S/C18H26OS/c1-18(2,3)16-6-4-14(5-7-16)12-17(19)13-15-8-10-20-11-9-15/h4-7,15H,8-13H2,1-3H3. The van der Waals surface area contributed by atoms with Gasteiger partial charge in [-0.25, -0.2) is 0 Å². The van der Waals surface area contributed by atoms with E-state index in [2.05, 4.69) is 45.0 Å². The van der Waals surface area contributed by atoms with Gasteiger partial charge in [0.1, 0.15) is 5.78 Å². The van der Waals surface area contributed by atoms with Gasteiger partial charge in [0.25, 0.3) is 0 Å². The predicted octanol–water partition coefficient (Wildman–Crippen LogP) is 4.63. The van der Waals surface area contributed by atoms with Gasteiger partial charge in [-0.1, -0.05) is 45.0 Å². The van der Waals surface area contributed by atoms with E-state index in [4.69, 9.17) is 0 Å². The van der Waals surface area contributed by atoms with Crippen LogP contribution in [0.5, 0.6) is 0 Å². The molecular formula is C18H26OS. The van der Waals surface area contributed by atoms with Crippen molar-refractivity contribution < 1.29 is 4.79 Å². The molecule has 0 saturated carbocycles. The molecule has 20 heavy (non-hydrogen) atoms. The number of hydrogen-bond acceptors (Lipinski definition) is 2. The van der Waals surface area contributed by atoms with Gasteiger partial charge >= 0.3 is 0 Å². The Hall–Kier alpha value is -0.760. The number of Topliss-reactive ketones (excluding diaryl/α,β-unsaturated/α-hetero) is 1. The van der Waals surface area contributed by atoms with Crippen molar-refractivity contribution in [1.82, 2.24) is 0 Å². The quantitative estimate of drug-likeness (QED) is 0.804. The fraction of sp³-hybridized carbons (Fsp3) is 0.611. The molecule has 0 N–H and O–H groups in total. The summed E-state index contributed by atoms with van der Waals surface area (Å²) < 4.78 is 0. The molecule has 110 valence electrons. The van der Waals surface area contributed by atoms with Gasteiger partial charge in [-0.2, -0.15) is 11.8 Å². The zero-order valence-corrected chi connectivity index (χ0v) is 13.8. The zero-order chi connectivity index (χ0) is 14.6. The maximum atomic E-state index is 12.2. The SMILES string of the molecule is CC(C)(C)c1ccc(CC(=O)CC2CCSCC2)cc1. The molecule has 1 fully saturated rings. The Balaban J connectivity index is 1.87. The lowest BCUT2D eigenvalue weighted by Gasteiger charge is -2.21. The second-order valence-electron chi connectivity index (χ2n) is 6.92. The van der Waals surface area contributed by atoms with E-state index in [9.17, 15) is 4.79 Å². The molecule has 1 nitrogen and oxygen atoms in total. The Morgan fingerprint density at radius 2 is 1.75 bits per heavy atom. The molecule has 2 heteroatoms. The zero-order valence-electron chi connectivity index (χ0n) is 12.9. The van der Waals surface area contributed by atoms with Crippen molar-refractivity contribution >= 4 is 17.5 Å². The van der Waals surface area contributed by atoms with Crippen molar-refractivity contribution in [3.63, 3.8) is 0 Å². The summed E-state index contributed by atoms with van der Waals surface area (Å²) in [7, 11) is 0. The molecule has 1 aliphatic heterocycles. The lowest BCUT2D eigenvalue weighted by molar-refractivity contribution is -0.119. The summed E-state index contributed by atoms with van der Waals surface area (Å²) in [4.78, 5) is 12.2. The van der Waals surface area contributed by atoms with Crippen LogP contribution in [0.4, 0.5) is 0 Å². The Labute approximate surface area is 127 Å². The van der Waals surface area contributed by atoms with Crippen LogP contribution in [0.2, 0.25) is 0 Å². The van der Waals surface area contributed by atoms with Crippen molar-refractivity contribution in [1.29, 1.82) is 0 Å². The summed E-state index contributed by atoms with van der Waals surface area (Å²) in [5.74, 6) is 3.51. The maximum Gasteiger partial charge on any atom is 0.137 e. The summed E-state index contributed by atoms with van der Waals surface area (Å²) in [5.41, 5.74) is 2.67. The molecule has 0 bridgehead atoms. The second-order valence-corrected chi connectivity index (χ2v) is 8.15. The minimum atomic E-state index is 0.183. The lowest BCUT2D eigenvalue weighted by Crippen LogP contribution is -2.16. The average molecular weight is 290 g/mol. The Bertz CT molecular complexity index is 435. The van der Waals surface area contributed by atoms with Gasteiger partial charge in [-0.05, 0) is 46.8 Å². The van der Waals surface area contributed by atoms with Gasteiger partial charge in [0.2, 0.25) is 0 Å². The molecule has 0 atom stereocenters. The average Bonchev–Trinajstić information content (AvgIpc) is 2.39. The fourth-order valence-electron chi connectivity index (χ4n) is 2.69. The number of ketones is 1. The normalized spacial score (nSPS) is 17.1. The number of thioether (sulfide) groups is 1. The van der Waals surface area contributed by atoms with E-state index < -0.39 is 0 Å². The molecule has 1 heterocycles. The molecule has 1 aromatic rings. The van der Waals surface area contributed by atoms with Gasteiger partial charge in [0.05, 0.1) is 0 Å². The van der Waals surface area contributed by atoms with Crippen LogP contribution in [0, 0.1) is 5.92 Å². The van der Waals surface area contributed by atoms with Gasteiger partial charge in [-0.3, -0.25) is 4.79 Å². The van der Waals surface area contributed by atoms with Crippen molar-refractivity contribution in [2.75, 3.05) is 11.5 Å². The van der Waals surface area contributed by atoms with Crippen LogP contribution in [-0.4, -0.2) is 17.3 Å². The molecule has 0 unspecified atom stereocenters. The predicted molar refractivity (Wildman–Crippen MR) is 88.5 cm³/mol. The number of carbonyl (C=O) groups excluding carboxylic acids is 1. The largest absolute Gasteiger partial charge is 0.299 e. The van der Waals surface area contributed by atoms with Crippen LogP contribution < -0.4 is 0 Å². The third kappa shape index (κ3) is 4.66. The Morgan fingerprint density at radius 3 is 2.30 bits per heavy atom. The van der Waals surface area contributed by atoms with Crippen LogP contribution >= 0.6 is 11.8 Å². The molecule has 0 aliphatic carbocycles. The summed E-state index contributed by atoms with van der Waals surface area (Å²) in [6, 6.07) is 8.57. The number of carbonyl (C=O) groups is 1. The third-order valence-electron chi connectivity index (χ3n) is 4.08. The molecule has 0 radical (unpaired) electrons. The molecule has 1 saturated heterocycles. The van der Waals surface area contributed by atoms with Gasteiger partial charge < -0.3 is 0 Å². The van der Waals surface area contributed by atoms with E-state index >= 15 is 0 Å². The van der Waals surface area contributed by atoms with Crippen molar-refractivity contribution in [2.24, 2.45) is 5.92 Å². The molecule has 1 aromatic carbocycles. The van der Waals surface area contributed by atoms with Crippen LogP contribution in [0.3, 0.4) is 0 Å². The first-order valence-corrected chi connectivity index (χ1v) is 8.79. The minimum Gasteiger partial charge on any atom is -0.299 e. The first-order valence-electron chi connectivity index (χ1n) is 7.64. The monoisotopic (exact) mass is 290 g/mol. The van der Waals surface area contributed by atoms with E-state index in [1.807, 2.05) is 11.8 Å². The van der Waals surface area contributed by atoms with Gasteiger partial charge in [0.15, 0.2) is 0 Å². The molecule has 0 aromatic heterocycles. The highest BCUT2D eigenvalue weighted by Gasteiger charge is 2.18. The van der Waals surface area contributed by atoms with E-state index in [0.717, 1.165) is 12.0 Å². The number of rotatable bonds is 4. The molecular weight excluding hydrogens is 264 g/mol. The summed E-state index contributed by atoms with van der Waals surface area (Å²) >= 11 is 2.02. The van der Waals surface area contributed by atoms with E-state index in [0.29, 0.717) is 18.1 Å². The molecule has 1 aliphatic rings. The summed E-state index contributed by atoms with van der Waals surface area (Å²) in [5, 5.41) is 0. The maximum absolute atomic E-state index is 12.2. The van der Waals surface area contributed by atoms with Gasteiger partial charge in [-0.15, -0.1) is 0 Å². The van der Waals surface area contributed by atoms with Crippen molar-refractivity contribution in [2.45, 2.75) is 51.9 Å². The molecule has 0 amide bonds. The van der Waals surface area contributed by atoms with Crippen molar-refractivity contribution in [3.8, 4) is 0 Å². The molecule has 2 rings (SSSR count). The van der Waals surface area contributed by atoms with E-state index in [1.54, 1.807) is 0 Å². The van der Waals surface area contributed by atoms with E-state index in [1.165, 1.54) is 29.9 Å². The van der Waals surface area contributed by atoms with Gasteiger partial charge in [0, 0.05) is 12.8 Å². The molecule has 0 spiro atoms. The first-order chi connectivity index (χ1) is 9.45. The van der Waals surface area contributed by atoms with Crippen LogP contribution in [0.1, 0.15) is 51.2 Å². The Kier molecular flexibility index (Phi) is 5.31. The van der Waals surface area contributed by atoms with Crippen molar-refractivity contribution in [3.05, 3.63) is 35.4 Å². The summed E-state index contributed by atoms with van der Waals surface area (Å²) in [6.45, 7) is 6.65. The lowest BCUT2D eigenvalue weighted by atomic mass is 9.86. The highest BCUT2D eigenvalue weighted by Crippen LogP contribution is 2.26. The Morgan fingerprint density at radius 1 is 1.15 bits per heavy atom. The first kappa shape index (κ1) is 15.6. The number of benzene rings is 1. The second kappa shape index (κ2) is 6.80. The van der Waals surface area contributed by atoms with E-state index in [-0.39, 0.29) is 5.41 Å². The minimum absolute atomic E-state index is 0.183. The van der Waals surface area contributed by atoms with Crippen LogP contribution in [0.15, 0.2) is 24.3 Å². The van der Waals surface area contributed by atoms with Crippen LogP contribution in [0.25, 0.3) is 0 Å². The summed E-state index contributed by atoms with van der Waals surface area (Å²) in [6.07, 6.45) is 3.83. The fourth-order valence-corrected chi connectivity index (χ4v) is 3.90. The highest BCUT2D eigenvalue weighted by molar-refractivity contribution is 7.99. The topological polar surface area (TPSA) is 17.1 Å². The number of hydrogen-bond donors (Lipinski definition) is 0. The smallest absolute Gasteiger partial charge is 0.137 e.